The number of halogens is 3. The molecule has 0 unspecified atom stereocenters. The van der Waals surface area contributed by atoms with Crippen LogP contribution in [0.3, 0.4) is 0 Å². The lowest BCUT2D eigenvalue weighted by molar-refractivity contribution is -0.137. The molecule has 9 heteroatoms. The van der Waals surface area contributed by atoms with E-state index in [1.165, 1.54) is 12.1 Å². The molecule has 1 fully saturated rings. The number of piperidine rings is 1. The number of aromatic nitrogens is 1. The molecule has 0 radical (unpaired) electrons. The minimum Gasteiger partial charge on any atom is -0.474 e. The molecule has 0 saturated carbocycles. The van der Waals surface area contributed by atoms with E-state index in [9.17, 15) is 18.0 Å². The molecule has 3 heterocycles. The molecule has 6 nitrogen and oxygen atoms in total. The van der Waals surface area contributed by atoms with E-state index in [1.54, 1.807) is 17.0 Å². The molecule has 2 aliphatic heterocycles. The SMILES string of the molecule is O=C(/C=C/c1ccc2c(c1)OCO2)N1CCC(Oc2ccc(C(F)(F)F)cn2)CC1. The average Bonchev–Trinajstić information content (AvgIpc) is 3.20. The molecule has 1 saturated heterocycles. The van der Waals surface area contributed by atoms with Crippen LogP contribution in [0.2, 0.25) is 0 Å². The topological polar surface area (TPSA) is 60.9 Å². The summed E-state index contributed by atoms with van der Waals surface area (Å²) in [6, 6.07) is 7.61. The fourth-order valence-corrected chi connectivity index (χ4v) is 3.27. The van der Waals surface area contributed by atoms with E-state index < -0.39 is 11.7 Å². The van der Waals surface area contributed by atoms with Gasteiger partial charge in [0, 0.05) is 44.3 Å². The fourth-order valence-electron chi connectivity index (χ4n) is 3.27. The summed E-state index contributed by atoms with van der Waals surface area (Å²) in [5, 5.41) is 0. The molecule has 158 valence electrons. The molecule has 0 aliphatic carbocycles. The van der Waals surface area contributed by atoms with Gasteiger partial charge in [-0.3, -0.25) is 4.79 Å². The maximum Gasteiger partial charge on any atom is 0.417 e. The average molecular weight is 420 g/mol. The quantitative estimate of drug-likeness (QED) is 0.702. The van der Waals surface area contributed by atoms with Crippen molar-refractivity contribution in [1.29, 1.82) is 0 Å². The number of carbonyl (C=O) groups is 1. The summed E-state index contributed by atoms with van der Waals surface area (Å²) in [6.07, 6.45) is 0.518. The van der Waals surface area contributed by atoms with Crippen molar-refractivity contribution in [2.24, 2.45) is 0 Å². The molecule has 1 aromatic heterocycles. The Balaban J connectivity index is 1.27. The molecule has 1 aromatic carbocycles. The van der Waals surface area contributed by atoms with E-state index >= 15 is 0 Å². The molecule has 1 amide bonds. The van der Waals surface area contributed by atoms with Crippen molar-refractivity contribution in [3.63, 3.8) is 0 Å². The first-order valence-corrected chi connectivity index (χ1v) is 9.45. The maximum absolute atomic E-state index is 12.6. The van der Waals surface area contributed by atoms with Gasteiger partial charge in [-0.05, 0) is 29.8 Å². The molecule has 0 spiro atoms. The molecule has 0 N–H and O–H groups in total. The van der Waals surface area contributed by atoms with Gasteiger partial charge in [0.2, 0.25) is 18.6 Å². The Morgan fingerprint density at radius 1 is 1.13 bits per heavy atom. The predicted molar refractivity (Wildman–Crippen MR) is 101 cm³/mol. The standard InChI is InChI=1S/C21H19F3N2O4/c22-21(23,24)15-3-5-19(25-12-15)30-16-7-9-26(10-8-16)20(27)6-2-14-1-4-17-18(11-14)29-13-28-17/h1-6,11-12,16H,7-10,13H2/b6-2+. The summed E-state index contributed by atoms with van der Waals surface area (Å²) in [5.74, 6) is 1.37. The number of rotatable bonds is 4. The van der Waals surface area contributed by atoms with E-state index in [0.717, 1.165) is 17.8 Å². The van der Waals surface area contributed by atoms with Crippen molar-refractivity contribution < 1.29 is 32.2 Å². The summed E-state index contributed by atoms with van der Waals surface area (Å²) in [7, 11) is 0. The van der Waals surface area contributed by atoms with Crippen molar-refractivity contribution in [2.75, 3.05) is 19.9 Å². The van der Waals surface area contributed by atoms with E-state index in [-0.39, 0.29) is 24.7 Å². The first kappa shape index (κ1) is 20.1. The molecule has 0 bridgehead atoms. The highest BCUT2D eigenvalue weighted by Crippen LogP contribution is 2.33. The number of pyridine rings is 1. The van der Waals surface area contributed by atoms with Crippen LogP contribution in [0.5, 0.6) is 17.4 Å². The molecule has 30 heavy (non-hydrogen) atoms. The van der Waals surface area contributed by atoms with Crippen molar-refractivity contribution >= 4 is 12.0 Å². The summed E-state index contributed by atoms with van der Waals surface area (Å²) in [5.41, 5.74) is 0.0173. The second-order valence-electron chi connectivity index (χ2n) is 6.97. The van der Waals surface area contributed by atoms with Crippen LogP contribution in [-0.2, 0) is 11.0 Å². The van der Waals surface area contributed by atoms with Crippen molar-refractivity contribution in [3.8, 4) is 17.4 Å². The van der Waals surface area contributed by atoms with Gasteiger partial charge in [0.15, 0.2) is 11.5 Å². The van der Waals surface area contributed by atoms with Crippen molar-refractivity contribution in [1.82, 2.24) is 9.88 Å². The lowest BCUT2D eigenvalue weighted by Gasteiger charge is -2.31. The van der Waals surface area contributed by atoms with Crippen LogP contribution in [0.15, 0.2) is 42.6 Å². The Bertz CT molecular complexity index is 936. The number of hydrogen-bond donors (Lipinski definition) is 0. The number of amides is 1. The molecule has 4 rings (SSSR count). The second kappa shape index (κ2) is 8.25. The fraction of sp³-hybridized carbons (Fsp3) is 0.333. The zero-order chi connectivity index (χ0) is 21.1. The highest BCUT2D eigenvalue weighted by molar-refractivity contribution is 5.92. The number of ether oxygens (including phenoxy) is 3. The van der Waals surface area contributed by atoms with Gasteiger partial charge in [0.05, 0.1) is 5.56 Å². The number of hydrogen-bond acceptors (Lipinski definition) is 5. The van der Waals surface area contributed by atoms with Gasteiger partial charge in [0.25, 0.3) is 0 Å². The largest absolute Gasteiger partial charge is 0.474 e. The smallest absolute Gasteiger partial charge is 0.417 e. The lowest BCUT2D eigenvalue weighted by atomic mass is 10.1. The number of benzene rings is 1. The normalized spacial score (nSPS) is 16.8. The van der Waals surface area contributed by atoms with Crippen LogP contribution < -0.4 is 14.2 Å². The van der Waals surface area contributed by atoms with Crippen LogP contribution >= 0.6 is 0 Å². The summed E-state index contributed by atoms with van der Waals surface area (Å²) >= 11 is 0. The number of carbonyl (C=O) groups excluding carboxylic acids is 1. The van der Waals surface area contributed by atoms with Crippen molar-refractivity contribution in [2.45, 2.75) is 25.1 Å². The lowest BCUT2D eigenvalue weighted by Crippen LogP contribution is -2.41. The summed E-state index contributed by atoms with van der Waals surface area (Å²) in [4.78, 5) is 17.9. The maximum atomic E-state index is 12.6. The molecular weight excluding hydrogens is 401 g/mol. The number of nitrogens with zero attached hydrogens (tertiary/aromatic N) is 2. The Labute approximate surface area is 170 Å². The Hall–Kier alpha value is -3.23. The number of likely N-dealkylation sites (tertiary alicyclic amines) is 1. The molecule has 0 atom stereocenters. The van der Waals surface area contributed by atoms with Gasteiger partial charge in [0.1, 0.15) is 6.10 Å². The zero-order valence-electron chi connectivity index (χ0n) is 15.9. The van der Waals surface area contributed by atoms with Crippen LogP contribution in [0.4, 0.5) is 13.2 Å². The first-order chi connectivity index (χ1) is 14.4. The molecule has 2 aromatic rings. The third kappa shape index (κ3) is 4.67. The third-order valence-corrected chi connectivity index (χ3v) is 4.92. The van der Waals surface area contributed by atoms with Gasteiger partial charge in [-0.15, -0.1) is 0 Å². The minimum atomic E-state index is -4.43. The highest BCUT2D eigenvalue weighted by Gasteiger charge is 2.31. The summed E-state index contributed by atoms with van der Waals surface area (Å²) < 4.78 is 54.0. The van der Waals surface area contributed by atoms with Crippen molar-refractivity contribution in [3.05, 3.63) is 53.7 Å². The Morgan fingerprint density at radius 2 is 1.90 bits per heavy atom. The zero-order valence-corrected chi connectivity index (χ0v) is 15.9. The Kier molecular flexibility index (Phi) is 5.52. The third-order valence-electron chi connectivity index (χ3n) is 4.92. The van der Waals surface area contributed by atoms with Gasteiger partial charge < -0.3 is 19.1 Å². The van der Waals surface area contributed by atoms with E-state index in [0.29, 0.717) is 37.4 Å². The molecule has 2 aliphatic rings. The van der Waals surface area contributed by atoms with Crippen LogP contribution in [0, 0.1) is 0 Å². The number of fused-ring (bicyclic) bond motifs is 1. The van der Waals surface area contributed by atoms with E-state index in [2.05, 4.69) is 4.98 Å². The number of alkyl halides is 3. The van der Waals surface area contributed by atoms with Crippen LogP contribution in [0.25, 0.3) is 6.08 Å². The molecular formula is C21H19F3N2O4. The summed E-state index contributed by atoms with van der Waals surface area (Å²) in [6.45, 7) is 1.19. The monoisotopic (exact) mass is 420 g/mol. The van der Waals surface area contributed by atoms with Crippen LogP contribution in [0.1, 0.15) is 24.0 Å². The van der Waals surface area contributed by atoms with Gasteiger partial charge in [-0.1, -0.05) is 6.07 Å². The van der Waals surface area contributed by atoms with E-state index in [1.807, 2.05) is 12.1 Å². The predicted octanol–water partition coefficient (Wildman–Crippen LogP) is 3.91. The Morgan fingerprint density at radius 3 is 2.60 bits per heavy atom. The second-order valence-corrected chi connectivity index (χ2v) is 6.97. The van der Waals surface area contributed by atoms with E-state index in [4.69, 9.17) is 14.2 Å². The van der Waals surface area contributed by atoms with Crippen LogP contribution in [-0.4, -0.2) is 41.8 Å². The highest BCUT2D eigenvalue weighted by atomic mass is 19.4. The minimum absolute atomic E-state index is 0.112. The van der Waals surface area contributed by atoms with Gasteiger partial charge >= 0.3 is 6.18 Å². The van der Waals surface area contributed by atoms with Gasteiger partial charge in [-0.2, -0.15) is 13.2 Å². The first-order valence-electron chi connectivity index (χ1n) is 9.45. The van der Waals surface area contributed by atoms with Gasteiger partial charge in [-0.25, -0.2) is 4.98 Å².